The van der Waals surface area contributed by atoms with Crippen LogP contribution in [0.3, 0.4) is 0 Å². The monoisotopic (exact) mass is 311 g/mol. The summed E-state index contributed by atoms with van der Waals surface area (Å²) in [6, 6.07) is -0.403. The molecule has 0 radical (unpaired) electrons. The summed E-state index contributed by atoms with van der Waals surface area (Å²) in [6.07, 6.45) is 4.86. The van der Waals surface area contributed by atoms with Crippen LogP contribution in [0.25, 0.3) is 0 Å². The molecule has 0 aromatic carbocycles. The summed E-state index contributed by atoms with van der Waals surface area (Å²) in [5, 5.41) is 12.0. The van der Waals surface area contributed by atoms with Crippen LogP contribution in [-0.2, 0) is 9.47 Å². The van der Waals surface area contributed by atoms with Crippen molar-refractivity contribution in [1.82, 2.24) is 5.32 Å². The third-order valence-corrected chi connectivity index (χ3v) is 3.42. The minimum absolute atomic E-state index is 0.0738. The normalized spacial score (nSPS) is 16.9. The SMILES string of the molecule is C=C(O)CC[C@H](NC(=O)OC(C)(C)C)C(=C)OC1CCCC1. The minimum Gasteiger partial charge on any atom is -0.513 e. The van der Waals surface area contributed by atoms with Crippen LogP contribution in [0.2, 0.25) is 0 Å². The molecule has 0 aliphatic heterocycles. The lowest BCUT2D eigenvalue weighted by molar-refractivity contribution is 0.0460. The molecule has 22 heavy (non-hydrogen) atoms. The molecule has 5 nitrogen and oxygen atoms in total. The predicted molar refractivity (Wildman–Crippen MR) is 86.6 cm³/mol. The first-order valence-electron chi connectivity index (χ1n) is 7.89. The van der Waals surface area contributed by atoms with Crippen molar-refractivity contribution in [3.63, 3.8) is 0 Å². The van der Waals surface area contributed by atoms with Crippen molar-refractivity contribution in [3.05, 3.63) is 24.7 Å². The number of ether oxygens (including phenoxy) is 2. The quantitative estimate of drug-likeness (QED) is 0.691. The van der Waals surface area contributed by atoms with Gasteiger partial charge in [-0.25, -0.2) is 4.79 Å². The van der Waals surface area contributed by atoms with Crippen molar-refractivity contribution in [2.24, 2.45) is 0 Å². The largest absolute Gasteiger partial charge is 0.513 e. The van der Waals surface area contributed by atoms with Crippen molar-refractivity contribution >= 4 is 6.09 Å². The Hall–Kier alpha value is -1.65. The Kier molecular flexibility index (Phi) is 6.78. The lowest BCUT2D eigenvalue weighted by Crippen LogP contribution is -2.41. The van der Waals surface area contributed by atoms with Crippen LogP contribution in [0.5, 0.6) is 0 Å². The summed E-state index contributed by atoms with van der Waals surface area (Å²) in [4.78, 5) is 11.9. The van der Waals surface area contributed by atoms with Gasteiger partial charge in [0.15, 0.2) is 0 Å². The highest BCUT2D eigenvalue weighted by Gasteiger charge is 2.25. The van der Waals surface area contributed by atoms with Gasteiger partial charge in [0.1, 0.15) is 11.4 Å². The van der Waals surface area contributed by atoms with E-state index in [9.17, 15) is 9.90 Å². The van der Waals surface area contributed by atoms with Crippen molar-refractivity contribution in [2.45, 2.75) is 77.0 Å². The van der Waals surface area contributed by atoms with Crippen molar-refractivity contribution in [2.75, 3.05) is 0 Å². The molecule has 126 valence electrons. The van der Waals surface area contributed by atoms with Crippen molar-refractivity contribution < 1.29 is 19.4 Å². The lowest BCUT2D eigenvalue weighted by Gasteiger charge is -2.26. The fourth-order valence-corrected chi connectivity index (χ4v) is 2.38. The third-order valence-electron chi connectivity index (χ3n) is 3.42. The van der Waals surface area contributed by atoms with E-state index in [2.05, 4.69) is 18.5 Å². The number of hydrogen-bond acceptors (Lipinski definition) is 4. The molecule has 1 aliphatic carbocycles. The van der Waals surface area contributed by atoms with Gasteiger partial charge in [0, 0.05) is 6.42 Å². The standard InChI is InChI=1S/C17H29NO4/c1-12(19)10-11-15(18-16(20)22-17(3,4)5)13(2)21-14-8-6-7-9-14/h14-15,19H,1-2,6-11H2,3-5H3,(H,18,20)/t15-/m0/s1. The van der Waals surface area contributed by atoms with Gasteiger partial charge in [-0.2, -0.15) is 0 Å². The maximum absolute atomic E-state index is 11.9. The highest BCUT2D eigenvalue weighted by atomic mass is 16.6. The molecule has 5 heteroatoms. The molecule has 0 heterocycles. The zero-order valence-corrected chi connectivity index (χ0v) is 14.0. The number of alkyl carbamates (subject to hydrolysis) is 1. The van der Waals surface area contributed by atoms with Crippen LogP contribution >= 0.6 is 0 Å². The van der Waals surface area contributed by atoms with E-state index in [0.717, 1.165) is 25.7 Å². The van der Waals surface area contributed by atoms with Crippen LogP contribution in [0.15, 0.2) is 24.7 Å². The average Bonchev–Trinajstić information content (AvgIpc) is 2.84. The van der Waals surface area contributed by atoms with E-state index in [-0.39, 0.29) is 11.9 Å². The smallest absolute Gasteiger partial charge is 0.408 e. The molecule has 1 saturated carbocycles. The fraction of sp³-hybridized carbons (Fsp3) is 0.706. The molecule has 1 atom stereocenters. The number of carbonyl (C=O) groups is 1. The third kappa shape index (κ3) is 7.38. The summed E-state index contributed by atoms with van der Waals surface area (Å²) in [7, 11) is 0. The highest BCUT2D eigenvalue weighted by Crippen LogP contribution is 2.25. The number of aliphatic hydroxyl groups is 1. The van der Waals surface area contributed by atoms with Gasteiger partial charge in [-0.15, -0.1) is 0 Å². The topological polar surface area (TPSA) is 67.8 Å². The van der Waals surface area contributed by atoms with Gasteiger partial charge in [-0.1, -0.05) is 13.2 Å². The average molecular weight is 311 g/mol. The molecule has 1 fully saturated rings. The summed E-state index contributed by atoms with van der Waals surface area (Å²) in [5.41, 5.74) is -0.567. The summed E-state index contributed by atoms with van der Waals surface area (Å²) >= 11 is 0. The molecule has 0 unspecified atom stereocenters. The maximum Gasteiger partial charge on any atom is 0.408 e. The Balaban J connectivity index is 2.59. The number of aliphatic hydroxyl groups excluding tert-OH is 1. The number of nitrogens with one attached hydrogen (secondary N) is 1. The van der Waals surface area contributed by atoms with Gasteiger partial charge in [0.2, 0.25) is 0 Å². The molecular formula is C17H29NO4. The van der Waals surface area contributed by atoms with E-state index >= 15 is 0 Å². The Bertz CT molecular complexity index is 405. The summed E-state index contributed by atoms with van der Waals surface area (Å²) < 4.78 is 11.1. The number of rotatable bonds is 7. The lowest BCUT2D eigenvalue weighted by atomic mass is 10.1. The number of allylic oxidation sites excluding steroid dienone is 1. The molecule has 1 rings (SSSR count). The molecular weight excluding hydrogens is 282 g/mol. The molecule has 2 N–H and O–H groups in total. The fourth-order valence-electron chi connectivity index (χ4n) is 2.38. The van der Waals surface area contributed by atoms with E-state index < -0.39 is 17.7 Å². The first-order chi connectivity index (χ1) is 10.2. The maximum atomic E-state index is 11.9. The Morgan fingerprint density at radius 1 is 1.32 bits per heavy atom. The van der Waals surface area contributed by atoms with E-state index in [4.69, 9.17) is 9.47 Å². The number of hydrogen-bond donors (Lipinski definition) is 2. The zero-order valence-electron chi connectivity index (χ0n) is 14.0. The van der Waals surface area contributed by atoms with Gasteiger partial charge in [0.25, 0.3) is 0 Å². The van der Waals surface area contributed by atoms with E-state index in [1.807, 2.05) is 0 Å². The van der Waals surface area contributed by atoms with Crippen LogP contribution in [0.1, 0.15) is 59.3 Å². The van der Waals surface area contributed by atoms with Crippen LogP contribution in [-0.4, -0.2) is 28.9 Å². The molecule has 0 aromatic rings. The van der Waals surface area contributed by atoms with Gasteiger partial charge in [-0.05, 0) is 52.9 Å². The molecule has 1 amide bonds. The second kappa shape index (κ2) is 8.11. The molecule has 0 saturated heterocycles. The van der Waals surface area contributed by atoms with Crippen LogP contribution < -0.4 is 5.32 Å². The molecule has 0 spiro atoms. The first kappa shape index (κ1) is 18.4. The minimum atomic E-state index is -0.567. The predicted octanol–water partition coefficient (Wildman–Crippen LogP) is 4.20. The Morgan fingerprint density at radius 3 is 2.41 bits per heavy atom. The van der Waals surface area contributed by atoms with E-state index in [1.54, 1.807) is 20.8 Å². The van der Waals surface area contributed by atoms with Crippen molar-refractivity contribution in [3.8, 4) is 0 Å². The second-order valence-corrected chi connectivity index (χ2v) is 6.79. The zero-order chi connectivity index (χ0) is 16.8. The Morgan fingerprint density at radius 2 is 1.91 bits per heavy atom. The first-order valence-corrected chi connectivity index (χ1v) is 7.89. The molecule has 0 aromatic heterocycles. The van der Waals surface area contributed by atoms with Crippen molar-refractivity contribution in [1.29, 1.82) is 0 Å². The van der Waals surface area contributed by atoms with E-state index in [0.29, 0.717) is 18.6 Å². The van der Waals surface area contributed by atoms with Gasteiger partial charge in [0.05, 0.1) is 17.9 Å². The molecule has 1 aliphatic rings. The highest BCUT2D eigenvalue weighted by molar-refractivity contribution is 5.68. The van der Waals surface area contributed by atoms with E-state index in [1.165, 1.54) is 0 Å². The molecule has 0 bridgehead atoms. The van der Waals surface area contributed by atoms with Gasteiger partial charge in [-0.3, -0.25) is 0 Å². The second-order valence-electron chi connectivity index (χ2n) is 6.79. The summed E-state index contributed by atoms with van der Waals surface area (Å²) in [5.74, 6) is 0.587. The summed E-state index contributed by atoms with van der Waals surface area (Å²) in [6.45, 7) is 12.8. The van der Waals surface area contributed by atoms with Crippen LogP contribution in [0.4, 0.5) is 4.79 Å². The number of carbonyl (C=O) groups excluding carboxylic acids is 1. The van der Waals surface area contributed by atoms with Crippen LogP contribution in [0, 0.1) is 0 Å². The van der Waals surface area contributed by atoms with Gasteiger partial charge >= 0.3 is 6.09 Å². The number of amides is 1. The van der Waals surface area contributed by atoms with Gasteiger partial charge < -0.3 is 19.9 Å². The Labute approximate surface area is 133 Å².